The molecule has 0 unspecified atom stereocenters. The Morgan fingerprint density at radius 1 is 1.23 bits per heavy atom. The molecule has 1 aromatic heterocycles. The first kappa shape index (κ1) is 25.1. The van der Waals surface area contributed by atoms with E-state index in [2.05, 4.69) is 25.3 Å². The van der Waals surface area contributed by atoms with Crippen LogP contribution in [0.3, 0.4) is 0 Å². The Hall–Kier alpha value is -3.00. The zero-order valence-electron chi connectivity index (χ0n) is 19.1. The van der Waals surface area contributed by atoms with Gasteiger partial charge < -0.3 is 15.1 Å². The molecule has 4 rings (SSSR count). The minimum Gasteiger partial charge on any atom is -0.380 e. The van der Waals surface area contributed by atoms with Gasteiger partial charge in [0, 0.05) is 70.0 Å². The normalized spacial score (nSPS) is 19.3. The predicted octanol–water partition coefficient (Wildman–Crippen LogP) is 3.00. The number of nitrogens with one attached hydrogen (secondary N) is 1. The minimum absolute atomic E-state index is 0.0103. The van der Waals surface area contributed by atoms with Crippen molar-refractivity contribution >= 4 is 33.8 Å². The van der Waals surface area contributed by atoms with Gasteiger partial charge in [-0.15, -0.1) is 10.2 Å². The lowest BCUT2D eigenvalue weighted by molar-refractivity contribution is -0.388. The third-order valence-corrected chi connectivity index (χ3v) is 7.11. The first-order valence-corrected chi connectivity index (χ1v) is 12.1. The van der Waals surface area contributed by atoms with Crippen LogP contribution in [-0.4, -0.2) is 82.7 Å². The lowest BCUT2D eigenvalue weighted by Gasteiger charge is -2.34. The van der Waals surface area contributed by atoms with Crippen LogP contribution < -0.4 is 10.2 Å². The van der Waals surface area contributed by atoms with Gasteiger partial charge in [-0.1, -0.05) is 11.3 Å². The highest BCUT2D eigenvalue weighted by molar-refractivity contribution is 7.15. The lowest BCUT2D eigenvalue weighted by atomic mass is 10.1. The number of nitrogens with zero attached hydrogens (tertiary/aromatic N) is 6. The van der Waals surface area contributed by atoms with E-state index in [1.54, 1.807) is 16.2 Å². The summed E-state index contributed by atoms with van der Waals surface area (Å²) < 4.78 is 39.7. The number of alkyl halides is 3. The fourth-order valence-electron chi connectivity index (χ4n) is 4.34. The number of rotatable bonds is 7. The van der Waals surface area contributed by atoms with Gasteiger partial charge in [-0.05, 0) is 25.5 Å². The number of halogens is 3. The van der Waals surface area contributed by atoms with Crippen LogP contribution in [0.5, 0.6) is 0 Å². The monoisotopic (exact) mass is 513 g/mol. The van der Waals surface area contributed by atoms with E-state index in [1.807, 2.05) is 6.92 Å². The lowest BCUT2D eigenvalue weighted by Crippen LogP contribution is -2.47. The van der Waals surface area contributed by atoms with Crippen molar-refractivity contribution in [1.82, 2.24) is 20.0 Å². The molecule has 190 valence electrons. The number of hydrogen-bond acceptors (Lipinski definition) is 9. The van der Waals surface area contributed by atoms with Gasteiger partial charge in [0.1, 0.15) is 10.6 Å². The number of aryl methyl sites for hydroxylation is 1. The summed E-state index contributed by atoms with van der Waals surface area (Å²) in [5.74, 6) is 0.0103. The zero-order chi connectivity index (χ0) is 25.2. The summed E-state index contributed by atoms with van der Waals surface area (Å²) >= 11 is 1.57. The molecule has 0 aliphatic carbocycles. The molecule has 0 spiro atoms. The Labute approximate surface area is 203 Å². The van der Waals surface area contributed by atoms with Crippen LogP contribution in [-0.2, 0) is 11.0 Å². The summed E-state index contributed by atoms with van der Waals surface area (Å²) in [6.45, 7) is 6.78. The highest BCUT2D eigenvalue weighted by atomic mass is 32.1. The Morgan fingerprint density at radius 3 is 2.60 bits per heavy atom. The highest BCUT2D eigenvalue weighted by Crippen LogP contribution is 2.37. The molecule has 2 aliphatic rings. The summed E-state index contributed by atoms with van der Waals surface area (Å²) in [6, 6.07) is 2.65. The van der Waals surface area contributed by atoms with Gasteiger partial charge >= 0.3 is 6.18 Å². The second-order valence-electron chi connectivity index (χ2n) is 8.64. The maximum Gasteiger partial charge on any atom is 0.423 e. The number of nitro benzene ring substituents is 1. The number of aromatic nitrogens is 2. The second-order valence-corrected chi connectivity index (χ2v) is 9.80. The average molecular weight is 514 g/mol. The van der Waals surface area contributed by atoms with Crippen LogP contribution in [0.4, 0.5) is 29.7 Å². The summed E-state index contributed by atoms with van der Waals surface area (Å²) in [5.41, 5.74) is -2.13. The van der Waals surface area contributed by atoms with Crippen LogP contribution in [0.25, 0.3) is 0 Å². The standard InChI is InChI=1S/C21H26F3N7O3S/c1-14-26-27-20(35-14)29-10-8-28(9-11-29)6-5-19(32)30-7-4-16(13-30)25-15-2-3-18(31(33)34)17(12-15)21(22,23)24/h2-3,12,16,25H,4-11,13H2,1H3/t16-/m0/s1. The van der Waals surface area contributed by atoms with Crippen molar-refractivity contribution in [3.63, 3.8) is 0 Å². The van der Waals surface area contributed by atoms with Crippen LogP contribution in [0.1, 0.15) is 23.4 Å². The van der Waals surface area contributed by atoms with Crippen molar-refractivity contribution in [1.29, 1.82) is 0 Å². The summed E-state index contributed by atoms with van der Waals surface area (Å²) in [6.07, 6.45) is -3.87. The average Bonchev–Trinajstić information content (AvgIpc) is 3.46. The number of likely N-dealkylation sites (tertiary alicyclic amines) is 1. The third-order valence-electron chi connectivity index (χ3n) is 6.21. The molecule has 1 amide bonds. The van der Waals surface area contributed by atoms with Gasteiger partial charge in [0.15, 0.2) is 0 Å². The van der Waals surface area contributed by atoms with Crippen molar-refractivity contribution in [2.24, 2.45) is 0 Å². The molecule has 0 bridgehead atoms. The van der Waals surface area contributed by atoms with E-state index < -0.39 is 22.4 Å². The number of piperazine rings is 1. The number of nitro groups is 1. The Kier molecular flexibility index (Phi) is 7.40. The van der Waals surface area contributed by atoms with E-state index >= 15 is 0 Å². The van der Waals surface area contributed by atoms with Crippen molar-refractivity contribution < 1.29 is 22.9 Å². The maximum absolute atomic E-state index is 13.2. The molecule has 2 aliphatic heterocycles. The first-order valence-electron chi connectivity index (χ1n) is 11.3. The van der Waals surface area contributed by atoms with Gasteiger partial charge in [-0.25, -0.2) is 0 Å². The largest absolute Gasteiger partial charge is 0.423 e. The number of anilines is 2. The van der Waals surface area contributed by atoms with E-state index in [9.17, 15) is 28.1 Å². The topological polar surface area (TPSA) is 108 Å². The van der Waals surface area contributed by atoms with Crippen molar-refractivity contribution in [2.45, 2.75) is 32.0 Å². The van der Waals surface area contributed by atoms with Crippen LogP contribution in [0, 0.1) is 17.0 Å². The Balaban J connectivity index is 1.24. The molecule has 14 heteroatoms. The molecule has 1 aromatic carbocycles. The van der Waals surface area contributed by atoms with E-state index in [1.165, 1.54) is 6.07 Å². The zero-order valence-corrected chi connectivity index (χ0v) is 19.9. The molecule has 0 saturated carbocycles. The fraction of sp³-hybridized carbons (Fsp3) is 0.571. The van der Waals surface area contributed by atoms with Gasteiger partial charge in [0.05, 0.1) is 4.92 Å². The molecular weight excluding hydrogens is 487 g/mol. The summed E-state index contributed by atoms with van der Waals surface area (Å²) in [4.78, 5) is 28.7. The number of amides is 1. The Morgan fingerprint density at radius 2 is 1.97 bits per heavy atom. The molecule has 10 nitrogen and oxygen atoms in total. The molecular formula is C21H26F3N7O3S. The van der Waals surface area contributed by atoms with Crippen LogP contribution >= 0.6 is 11.3 Å². The molecule has 2 fully saturated rings. The molecule has 2 saturated heterocycles. The van der Waals surface area contributed by atoms with Crippen molar-refractivity contribution in [2.75, 3.05) is 56.0 Å². The maximum atomic E-state index is 13.2. The third kappa shape index (κ3) is 6.17. The second kappa shape index (κ2) is 10.3. The quantitative estimate of drug-likeness (QED) is 0.445. The van der Waals surface area contributed by atoms with E-state index in [4.69, 9.17) is 0 Å². The molecule has 1 N–H and O–H groups in total. The van der Waals surface area contributed by atoms with Gasteiger partial charge in [0.2, 0.25) is 11.0 Å². The summed E-state index contributed by atoms with van der Waals surface area (Å²) in [5, 5.41) is 24.0. The van der Waals surface area contributed by atoms with Crippen LogP contribution in [0.2, 0.25) is 0 Å². The van der Waals surface area contributed by atoms with E-state index in [0.29, 0.717) is 32.5 Å². The molecule has 0 radical (unpaired) electrons. The van der Waals surface area contributed by atoms with Crippen LogP contribution in [0.15, 0.2) is 18.2 Å². The predicted molar refractivity (Wildman–Crippen MR) is 125 cm³/mol. The molecule has 1 atom stereocenters. The number of carbonyl (C=O) groups is 1. The number of benzene rings is 1. The van der Waals surface area contributed by atoms with Crippen molar-refractivity contribution in [3.05, 3.63) is 38.9 Å². The van der Waals surface area contributed by atoms with Gasteiger partial charge in [-0.2, -0.15) is 13.2 Å². The highest BCUT2D eigenvalue weighted by Gasteiger charge is 2.38. The van der Waals surface area contributed by atoms with E-state index in [0.717, 1.165) is 48.5 Å². The van der Waals surface area contributed by atoms with Crippen molar-refractivity contribution in [3.8, 4) is 0 Å². The smallest absolute Gasteiger partial charge is 0.380 e. The summed E-state index contributed by atoms with van der Waals surface area (Å²) in [7, 11) is 0. The fourth-order valence-corrected chi connectivity index (χ4v) is 5.08. The van der Waals surface area contributed by atoms with E-state index in [-0.39, 0.29) is 17.6 Å². The van der Waals surface area contributed by atoms with Gasteiger partial charge in [0.25, 0.3) is 5.69 Å². The number of hydrogen-bond donors (Lipinski definition) is 1. The number of carbonyl (C=O) groups excluding carboxylic acids is 1. The molecule has 2 aromatic rings. The Bertz CT molecular complexity index is 1070. The molecule has 3 heterocycles. The SMILES string of the molecule is Cc1nnc(N2CCN(CCC(=O)N3CC[C@H](Nc4ccc([N+](=O)[O-])c(C(F)(F)F)c4)C3)CC2)s1. The first-order chi connectivity index (χ1) is 16.6. The minimum atomic E-state index is -4.83. The molecule has 35 heavy (non-hydrogen) atoms. The van der Waals surface area contributed by atoms with Gasteiger partial charge in [-0.3, -0.25) is 19.8 Å².